The van der Waals surface area contributed by atoms with Gasteiger partial charge in [0.25, 0.3) is 5.91 Å². The predicted octanol–water partition coefficient (Wildman–Crippen LogP) is 2.39. The molecule has 1 heterocycles. The lowest BCUT2D eigenvalue weighted by molar-refractivity contribution is 0.102. The number of nitrogens with one attached hydrogen (secondary N) is 1. The van der Waals surface area contributed by atoms with Crippen LogP contribution in [0.25, 0.3) is 0 Å². The molecule has 0 unspecified atom stereocenters. The number of halogens is 1. The lowest BCUT2D eigenvalue weighted by Gasteiger charge is -2.06. The van der Waals surface area contributed by atoms with Gasteiger partial charge in [0.15, 0.2) is 9.84 Å². The first-order chi connectivity index (χ1) is 9.36. The van der Waals surface area contributed by atoms with Crippen LogP contribution in [0.4, 0.5) is 5.69 Å². The number of carbonyl (C=O) groups is 1. The quantitative estimate of drug-likeness (QED) is 0.883. The molecule has 1 aromatic carbocycles. The molecular formula is C13H11ClN2O3S. The van der Waals surface area contributed by atoms with E-state index in [1.54, 1.807) is 0 Å². The molecule has 1 amide bonds. The van der Waals surface area contributed by atoms with Crippen LogP contribution in [0.5, 0.6) is 0 Å². The summed E-state index contributed by atoms with van der Waals surface area (Å²) >= 11 is 5.71. The van der Waals surface area contributed by atoms with Crippen molar-refractivity contribution in [1.29, 1.82) is 0 Å². The van der Waals surface area contributed by atoms with Gasteiger partial charge in [-0.05, 0) is 36.4 Å². The molecule has 0 aliphatic rings. The fourth-order valence-corrected chi connectivity index (χ4v) is 2.34. The molecule has 1 N–H and O–H groups in total. The van der Waals surface area contributed by atoms with Crippen molar-refractivity contribution in [3.05, 3.63) is 53.3 Å². The van der Waals surface area contributed by atoms with Crippen LogP contribution in [-0.2, 0) is 9.84 Å². The molecule has 0 spiro atoms. The zero-order chi connectivity index (χ0) is 14.8. The van der Waals surface area contributed by atoms with Gasteiger partial charge in [0.05, 0.1) is 4.90 Å². The van der Waals surface area contributed by atoms with E-state index in [-0.39, 0.29) is 16.0 Å². The summed E-state index contributed by atoms with van der Waals surface area (Å²) in [6, 6.07) is 8.90. The molecule has 1 aromatic heterocycles. The molecular weight excluding hydrogens is 300 g/mol. The maximum atomic E-state index is 11.9. The molecule has 0 saturated heterocycles. The van der Waals surface area contributed by atoms with Crippen molar-refractivity contribution in [3.63, 3.8) is 0 Å². The minimum Gasteiger partial charge on any atom is -0.322 e. The van der Waals surface area contributed by atoms with Crippen LogP contribution >= 0.6 is 11.6 Å². The average Bonchev–Trinajstić information content (AvgIpc) is 2.38. The first-order valence-corrected chi connectivity index (χ1v) is 7.86. The van der Waals surface area contributed by atoms with E-state index in [1.807, 2.05) is 0 Å². The van der Waals surface area contributed by atoms with E-state index in [1.165, 1.54) is 42.6 Å². The van der Waals surface area contributed by atoms with Crippen LogP contribution in [0.3, 0.4) is 0 Å². The van der Waals surface area contributed by atoms with Gasteiger partial charge >= 0.3 is 0 Å². The fourth-order valence-electron chi connectivity index (χ4n) is 1.53. The van der Waals surface area contributed by atoms with E-state index in [0.717, 1.165) is 6.26 Å². The first-order valence-electron chi connectivity index (χ1n) is 5.59. The van der Waals surface area contributed by atoms with E-state index in [9.17, 15) is 13.2 Å². The topological polar surface area (TPSA) is 76.1 Å². The summed E-state index contributed by atoms with van der Waals surface area (Å²) < 4.78 is 22.6. The smallest absolute Gasteiger partial charge is 0.255 e. The Labute approximate surface area is 121 Å². The highest BCUT2D eigenvalue weighted by Gasteiger charge is 2.09. The maximum Gasteiger partial charge on any atom is 0.255 e. The molecule has 0 saturated carbocycles. The first kappa shape index (κ1) is 14.5. The Kier molecular flexibility index (Phi) is 4.06. The number of aromatic nitrogens is 1. The third-order valence-electron chi connectivity index (χ3n) is 2.53. The number of sulfone groups is 1. The van der Waals surface area contributed by atoms with Gasteiger partial charge in [0, 0.05) is 23.7 Å². The van der Waals surface area contributed by atoms with Gasteiger partial charge in [-0.3, -0.25) is 4.79 Å². The Morgan fingerprint density at radius 3 is 2.40 bits per heavy atom. The minimum atomic E-state index is -3.24. The summed E-state index contributed by atoms with van der Waals surface area (Å²) in [5.41, 5.74) is 0.868. The number of benzene rings is 1. The molecule has 104 valence electrons. The second kappa shape index (κ2) is 5.60. The molecule has 0 fully saturated rings. The fraction of sp³-hybridized carbons (Fsp3) is 0.0769. The van der Waals surface area contributed by atoms with Crippen LogP contribution in [0, 0.1) is 0 Å². The summed E-state index contributed by atoms with van der Waals surface area (Å²) in [5.74, 6) is -0.346. The molecule has 0 aliphatic heterocycles. The molecule has 2 rings (SSSR count). The number of anilines is 1. The molecule has 0 bridgehead atoms. The highest BCUT2D eigenvalue weighted by atomic mass is 35.5. The van der Waals surface area contributed by atoms with Crippen LogP contribution in [0.15, 0.2) is 47.5 Å². The third-order valence-corrected chi connectivity index (χ3v) is 3.86. The molecule has 5 nitrogen and oxygen atoms in total. The van der Waals surface area contributed by atoms with Gasteiger partial charge in [0.2, 0.25) is 0 Å². The number of amides is 1. The average molecular weight is 311 g/mol. The predicted molar refractivity (Wildman–Crippen MR) is 76.8 cm³/mol. The van der Waals surface area contributed by atoms with Gasteiger partial charge in [-0.2, -0.15) is 0 Å². The Morgan fingerprint density at radius 1 is 1.20 bits per heavy atom. The third kappa shape index (κ3) is 3.55. The summed E-state index contributed by atoms with van der Waals surface area (Å²) in [4.78, 5) is 15.9. The lowest BCUT2D eigenvalue weighted by Crippen LogP contribution is -2.12. The van der Waals surface area contributed by atoms with Gasteiger partial charge in [-0.15, -0.1) is 0 Å². The Bertz CT molecular complexity index is 742. The van der Waals surface area contributed by atoms with Crippen molar-refractivity contribution in [3.8, 4) is 0 Å². The molecule has 0 atom stereocenters. The van der Waals surface area contributed by atoms with E-state index >= 15 is 0 Å². The highest BCUT2D eigenvalue weighted by Crippen LogP contribution is 2.15. The largest absolute Gasteiger partial charge is 0.322 e. The van der Waals surface area contributed by atoms with Crippen molar-refractivity contribution in [2.45, 2.75) is 4.90 Å². The second-order valence-electron chi connectivity index (χ2n) is 4.12. The summed E-state index contributed by atoms with van der Waals surface area (Å²) in [7, 11) is -3.24. The molecule has 0 radical (unpaired) electrons. The van der Waals surface area contributed by atoms with Crippen LogP contribution < -0.4 is 5.32 Å². The van der Waals surface area contributed by atoms with Gasteiger partial charge < -0.3 is 5.32 Å². The Morgan fingerprint density at radius 2 is 1.85 bits per heavy atom. The van der Waals surface area contributed by atoms with Gasteiger partial charge in [0.1, 0.15) is 5.15 Å². The van der Waals surface area contributed by atoms with Crippen LogP contribution in [0.2, 0.25) is 5.15 Å². The monoisotopic (exact) mass is 310 g/mol. The summed E-state index contributed by atoms with van der Waals surface area (Å²) in [5, 5.41) is 2.87. The highest BCUT2D eigenvalue weighted by molar-refractivity contribution is 7.90. The Hall–Kier alpha value is -1.92. The molecule has 7 heteroatoms. The molecule has 0 aliphatic carbocycles. The van der Waals surface area contributed by atoms with Gasteiger partial charge in [-0.25, -0.2) is 13.4 Å². The second-order valence-corrected chi connectivity index (χ2v) is 6.52. The Balaban J connectivity index is 2.16. The number of rotatable bonds is 3. The van der Waals surface area contributed by atoms with E-state index in [2.05, 4.69) is 10.3 Å². The van der Waals surface area contributed by atoms with Crippen molar-refractivity contribution in [1.82, 2.24) is 4.98 Å². The van der Waals surface area contributed by atoms with Crippen molar-refractivity contribution >= 4 is 33.0 Å². The number of hydrogen-bond acceptors (Lipinski definition) is 4. The number of hydrogen-bond donors (Lipinski definition) is 1. The maximum absolute atomic E-state index is 11.9. The molecule has 2 aromatic rings. The standard InChI is InChI=1S/C13H11ClN2O3S/c1-20(18,19)11-4-2-10(3-5-11)16-13(17)9-6-7-15-12(14)8-9/h2-8H,1H3,(H,16,17). The SMILES string of the molecule is CS(=O)(=O)c1ccc(NC(=O)c2ccnc(Cl)c2)cc1. The zero-order valence-electron chi connectivity index (χ0n) is 10.5. The summed E-state index contributed by atoms with van der Waals surface area (Å²) in [6.45, 7) is 0. The van der Waals surface area contributed by atoms with Crippen molar-refractivity contribution in [2.24, 2.45) is 0 Å². The zero-order valence-corrected chi connectivity index (χ0v) is 12.1. The van der Waals surface area contributed by atoms with E-state index in [0.29, 0.717) is 11.3 Å². The van der Waals surface area contributed by atoms with Gasteiger partial charge in [-0.1, -0.05) is 11.6 Å². The lowest BCUT2D eigenvalue weighted by atomic mass is 10.2. The van der Waals surface area contributed by atoms with Crippen LogP contribution in [-0.4, -0.2) is 25.6 Å². The van der Waals surface area contributed by atoms with Crippen LogP contribution in [0.1, 0.15) is 10.4 Å². The van der Waals surface area contributed by atoms with E-state index in [4.69, 9.17) is 11.6 Å². The molecule has 20 heavy (non-hydrogen) atoms. The summed E-state index contributed by atoms with van der Waals surface area (Å²) in [6.07, 6.45) is 2.56. The van der Waals surface area contributed by atoms with E-state index < -0.39 is 9.84 Å². The van der Waals surface area contributed by atoms with Crippen molar-refractivity contribution < 1.29 is 13.2 Å². The number of carbonyl (C=O) groups excluding carboxylic acids is 1. The minimum absolute atomic E-state index is 0.197. The normalized spacial score (nSPS) is 11.1. The number of nitrogens with zero attached hydrogens (tertiary/aromatic N) is 1. The number of pyridine rings is 1. The van der Waals surface area contributed by atoms with Crippen molar-refractivity contribution in [2.75, 3.05) is 11.6 Å².